The fourth-order valence-electron chi connectivity index (χ4n) is 3.93. The van der Waals surface area contributed by atoms with Crippen LogP contribution in [0.15, 0.2) is 88.9 Å². The Balaban J connectivity index is 1.55. The van der Waals surface area contributed by atoms with Gasteiger partial charge in [-0.25, -0.2) is 4.79 Å². The Labute approximate surface area is 234 Å². The van der Waals surface area contributed by atoms with Gasteiger partial charge in [0.25, 0.3) is 5.91 Å². The first-order valence-electron chi connectivity index (χ1n) is 12.1. The average Bonchev–Trinajstić information content (AvgIpc) is 2.96. The lowest BCUT2D eigenvalue weighted by Crippen LogP contribution is -2.13. The molecule has 4 rings (SSSR count). The molecule has 4 aromatic carbocycles. The van der Waals surface area contributed by atoms with Crippen LogP contribution >= 0.6 is 15.9 Å². The summed E-state index contributed by atoms with van der Waals surface area (Å²) in [6, 6.07) is 25.8. The molecule has 0 aliphatic heterocycles. The highest BCUT2D eigenvalue weighted by Crippen LogP contribution is 2.36. The highest BCUT2D eigenvalue weighted by Gasteiger charge is 2.15. The number of rotatable bonds is 9. The molecule has 0 saturated heterocycles. The number of fused-ring (bicyclic) bond motifs is 1. The molecule has 39 heavy (non-hydrogen) atoms. The summed E-state index contributed by atoms with van der Waals surface area (Å²) in [5, 5.41) is 14.6. The second kappa shape index (κ2) is 12.8. The average molecular weight is 585 g/mol. The van der Waals surface area contributed by atoms with E-state index < -0.39 is 11.9 Å². The number of nitrogens with one attached hydrogen (secondary N) is 1. The van der Waals surface area contributed by atoms with Crippen LogP contribution < -0.4 is 14.8 Å². The van der Waals surface area contributed by atoms with Gasteiger partial charge in [-0.1, -0.05) is 58.4 Å². The summed E-state index contributed by atoms with van der Waals surface area (Å²) in [5.41, 5.74) is 2.28. The van der Waals surface area contributed by atoms with Gasteiger partial charge in [0.2, 0.25) is 0 Å². The van der Waals surface area contributed by atoms with E-state index in [1.807, 2.05) is 37.3 Å². The van der Waals surface area contributed by atoms with Gasteiger partial charge in [0.15, 0.2) is 11.5 Å². The largest absolute Gasteiger partial charge is 0.490 e. The molecule has 0 aliphatic rings. The van der Waals surface area contributed by atoms with Crippen molar-refractivity contribution in [2.24, 2.45) is 0 Å². The number of methoxy groups -OCH3 is 1. The van der Waals surface area contributed by atoms with Crippen molar-refractivity contribution < 1.29 is 23.8 Å². The minimum absolute atomic E-state index is 0.111. The Morgan fingerprint density at radius 1 is 0.974 bits per heavy atom. The molecule has 0 aliphatic carbocycles. The number of carbonyl (C=O) groups is 2. The monoisotopic (exact) mass is 584 g/mol. The second-order valence-electron chi connectivity index (χ2n) is 8.37. The summed E-state index contributed by atoms with van der Waals surface area (Å²) in [7, 11) is 1.29. The molecule has 1 N–H and O–H groups in total. The summed E-state index contributed by atoms with van der Waals surface area (Å²) < 4.78 is 17.3. The van der Waals surface area contributed by atoms with Gasteiger partial charge in [-0.15, -0.1) is 0 Å². The molecule has 0 heterocycles. The van der Waals surface area contributed by atoms with E-state index in [-0.39, 0.29) is 5.57 Å². The molecule has 0 atom stereocenters. The molecule has 0 fully saturated rings. The molecule has 0 aromatic heterocycles. The normalized spacial score (nSPS) is 11.0. The molecule has 0 bridgehead atoms. The molecular formula is C31H25BrN2O5. The van der Waals surface area contributed by atoms with Gasteiger partial charge in [0, 0.05) is 10.2 Å². The zero-order valence-electron chi connectivity index (χ0n) is 21.4. The Hall–Kier alpha value is -4.61. The van der Waals surface area contributed by atoms with Crippen molar-refractivity contribution in [2.45, 2.75) is 13.5 Å². The van der Waals surface area contributed by atoms with Crippen LogP contribution in [0.25, 0.3) is 16.8 Å². The Bertz CT molecular complexity index is 1580. The SMILES string of the molecule is CCOc1cc(/C=C(\C#N)C(=O)Nc2ccc(C(=O)OC)cc2)c(Br)cc1OCc1cccc2ccccc12. The van der Waals surface area contributed by atoms with Crippen molar-refractivity contribution >= 4 is 50.3 Å². The molecule has 0 radical (unpaired) electrons. The second-order valence-corrected chi connectivity index (χ2v) is 9.23. The van der Waals surface area contributed by atoms with Crippen molar-refractivity contribution in [3.8, 4) is 17.6 Å². The number of anilines is 1. The topological polar surface area (TPSA) is 97.7 Å². The molecular weight excluding hydrogens is 560 g/mol. The van der Waals surface area contributed by atoms with Gasteiger partial charge >= 0.3 is 5.97 Å². The third-order valence-electron chi connectivity index (χ3n) is 5.85. The van der Waals surface area contributed by atoms with Crippen molar-refractivity contribution in [1.29, 1.82) is 5.26 Å². The Morgan fingerprint density at radius 2 is 1.69 bits per heavy atom. The van der Waals surface area contributed by atoms with E-state index >= 15 is 0 Å². The number of esters is 1. The lowest BCUT2D eigenvalue weighted by atomic mass is 10.1. The zero-order chi connectivity index (χ0) is 27.8. The van der Waals surface area contributed by atoms with Crippen LogP contribution in [0.1, 0.15) is 28.4 Å². The number of nitriles is 1. The number of benzene rings is 4. The molecule has 1 amide bonds. The maximum Gasteiger partial charge on any atom is 0.337 e. The number of hydrogen-bond acceptors (Lipinski definition) is 6. The van der Waals surface area contributed by atoms with E-state index in [0.29, 0.717) is 46.0 Å². The van der Waals surface area contributed by atoms with E-state index in [9.17, 15) is 14.9 Å². The van der Waals surface area contributed by atoms with Gasteiger partial charge in [0.05, 0.1) is 19.3 Å². The summed E-state index contributed by atoms with van der Waals surface area (Å²) in [4.78, 5) is 24.4. The van der Waals surface area contributed by atoms with Crippen LogP contribution in [-0.4, -0.2) is 25.6 Å². The van der Waals surface area contributed by atoms with Crippen molar-refractivity contribution in [2.75, 3.05) is 19.0 Å². The number of amides is 1. The highest BCUT2D eigenvalue weighted by molar-refractivity contribution is 9.10. The number of halogens is 1. The van der Waals surface area contributed by atoms with Gasteiger partial charge < -0.3 is 19.5 Å². The van der Waals surface area contributed by atoms with Gasteiger partial charge in [-0.05, 0) is 71.3 Å². The maximum atomic E-state index is 12.8. The van der Waals surface area contributed by atoms with E-state index in [2.05, 4.69) is 44.2 Å². The number of carbonyl (C=O) groups excluding carboxylic acids is 2. The van der Waals surface area contributed by atoms with Gasteiger partial charge in [0.1, 0.15) is 18.2 Å². The van der Waals surface area contributed by atoms with E-state index in [4.69, 9.17) is 9.47 Å². The van der Waals surface area contributed by atoms with Gasteiger partial charge in [-0.3, -0.25) is 4.79 Å². The van der Waals surface area contributed by atoms with Crippen LogP contribution in [0, 0.1) is 11.3 Å². The Kier molecular flexibility index (Phi) is 8.97. The van der Waals surface area contributed by atoms with Crippen molar-refractivity contribution in [3.63, 3.8) is 0 Å². The van der Waals surface area contributed by atoms with Crippen LogP contribution in [0.5, 0.6) is 11.5 Å². The molecule has 7 nitrogen and oxygen atoms in total. The predicted octanol–water partition coefficient (Wildman–Crippen LogP) is 6.91. The minimum Gasteiger partial charge on any atom is -0.490 e. The molecule has 0 spiro atoms. The first-order valence-corrected chi connectivity index (χ1v) is 12.9. The third-order valence-corrected chi connectivity index (χ3v) is 6.54. The van der Waals surface area contributed by atoms with Crippen LogP contribution in [0.3, 0.4) is 0 Å². The molecule has 4 aromatic rings. The van der Waals surface area contributed by atoms with E-state index in [1.165, 1.54) is 25.3 Å². The first-order chi connectivity index (χ1) is 18.9. The molecule has 0 unspecified atom stereocenters. The summed E-state index contributed by atoms with van der Waals surface area (Å²) >= 11 is 3.54. The highest BCUT2D eigenvalue weighted by atomic mass is 79.9. The quantitative estimate of drug-likeness (QED) is 0.130. The fraction of sp³-hybridized carbons (Fsp3) is 0.129. The van der Waals surface area contributed by atoms with Gasteiger partial charge in [-0.2, -0.15) is 5.26 Å². The number of nitrogens with zero attached hydrogens (tertiary/aromatic N) is 1. The zero-order valence-corrected chi connectivity index (χ0v) is 22.9. The molecule has 8 heteroatoms. The lowest BCUT2D eigenvalue weighted by Gasteiger charge is -2.15. The molecule has 196 valence electrons. The van der Waals surface area contributed by atoms with Crippen LogP contribution in [0.2, 0.25) is 0 Å². The summed E-state index contributed by atoms with van der Waals surface area (Å²) in [6.07, 6.45) is 1.47. The van der Waals surface area contributed by atoms with Crippen molar-refractivity contribution in [1.82, 2.24) is 0 Å². The predicted molar refractivity (Wildman–Crippen MR) is 154 cm³/mol. The Morgan fingerprint density at radius 3 is 2.41 bits per heavy atom. The van der Waals surface area contributed by atoms with E-state index in [1.54, 1.807) is 24.3 Å². The van der Waals surface area contributed by atoms with Crippen molar-refractivity contribution in [3.05, 3.63) is 106 Å². The summed E-state index contributed by atoms with van der Waals surface area (Å²) in [6.45, 7) is 2.61. The fourth-order valence-corrected chi connectivity index (χ4v) is 4.36. The summed E-state index contributed by atoms with van der Waals surface area (Å²) in [5.74, 6) is -0.0554. The number of ether oxygens (including phenoxy) is 3. The number of hydrogen-bond donors (Lipinski definition) is 1. The van der Waals surface area contributed by atoms with E-state index in [0.717, 1.165) is 16.3 Å². The first kappa shape index (κ1) is 27.4. The maximum absolute atomic E-state index is 12.8. The smallest absolute Gasteiger partial charge is 0.337 e. The van der Waals surface area contributed by atoms with Crippen LogP contribution in [0.4, 0.5) is 5.69 Å². The lowest BCUT2D eigenvalue weighted by molar-refractivity contribution is -0.112. The standard InChI is InChI=1S/C31H25BrN2O5/c1-3-38-28-16-23(15-24(18-33)30(35)34-25-13-11-21(12-14-25)31(36)37-2)27(32)17-29(28)39-19-22-9-6-8-20-7-4-5-10-26(20)22/h4-17H,3,19H2,1-2H3,(H,34,35)/b24-15+. The van der Waals surface area contributed by atoms with Crippen LogP contribution in [-0.2, 0) is 16.1 Å². The molecule has 0 saturated carbocycles. The minimum atomic E-state index is -0.593. The third kappa shape index (κ3) is 6.64.